The summed E-state index contributed by atoms with van der Waals surface area (Å²) in [5.74, 6) is 0. The summed E-state index contributed by atoms with van der Waals surface area (Å²) in [6.07, 6.45) is 2.32. The minimum absolute atomic E-state index is 0.0366. The third kappa shape index (κ3) is 5.00. The van der Waals surface area contributed by atoms with E-state index < -0.39 is 10.0 Å². The number of aryl methyl sites for hydroxylation is 3. The van der Waals surface area contributed by atoms with Crippen LogP contribution in [0.2, 0.25) is 0 Å². The second-order valence-electron chi connectivity index (χ2n) is 8.32. The van der Waals surface area contributed by atoms with E-state index in [1.54, 1.807) is 0 Å². The first-order chi connectivity index (χ1) is 13.7. The highest BCUT2D eigenvalue weighted by atomic mass is 32.2. The average molecular weight is 416 g/mol. The fraction of sp³-hybridized carbons (Fsp3) is 0.478. The predicted octanol–water partition coefficient (Wildman–Crippen LogP) is 3.79. The van der Waals surface area contributed by atoms with Gasteiger partial charge in [0.15, 0.2) is 0 Å². The molecular formula is C23H33N3O2S. The van der Waals surface area contributed by atoms with Crippen molar-refractivity contribution in [1.29, 1.82) is 0 Å². The van der Waals surface area contributed by atoms with Crippen LogP contribution in [0.25, 0.3) is 0 Å². The molecule has 1 saturated heterocycles. The lowest BCUT2D eigenvalue weighted by Gasteiger charge is -2.29. The van der Waals surface area contributed by atoms with Crippen LogP contribution in [0.4, 0.5) is 5.69 Å². The van der Waals surface area contributed by atoms with Gasteiger partial charge in [-0.25, -0.2) is 13.1 Å². The zero-order valence-corrected chi connectivity index (χ0v) is 19.0. The van der Waals surface area contributed by atoms with E-state index in [1.165, 1.54) is 0 Å². The number of nitrogens with zero attached hydrogens (tertiary/aromatic N) is 2. The average Bonchev–Trinajstić information content (AvgIpc) is 3.15. The third-order valence-corrected chi connectivity index (χ3v) is 7.44. The Balaban J connectivity index is 1.85. The molecular weight excluding hydrogens is 382 g/mol. The summed E-state index contributed by atoms with van der Waals surface area (Å²) in [6.45, 7) is 8.11. The maximum Gasteiger partial charge on any atom is 0.241 e. The number of sulfonamides is 1. The van der Waals surface area contributed by atoms with Crippen molar-refractivity contribution >= 4 is 15.7 Å². The summed E-state index contributed by atoms with van der Waals surface area (Å²) in [6, 6.07) is 12.3. The summed E-state index contributed by atoms with van der Waals surface area (Å²) < 4.78 is 29.2. The SMILES string of the molecule is Cc1cc(C)c(S(=O)(=O)NC[C@H](c2ccc(N(C)C)cc2)N2CCCC2)c(C)c1. The Kier molecular flexibility index (Phi) is 6.66. The van der Waals surface area contributed by atoms with Gasteiger partial charge >= 0.3 is 0 Å². The highest BCUT2D eigenvalue weighted by molar-refractivity contribution is 7.89. The molecule has 1 heterocycles. The Hall–Kier alpha value is -1.89. The van der Waals surface area contributed by atoms with Crippen molar-refractivity contribution in [2.45, 2.75) is 44.6 Å². The van der Waals surface area contributed by atoms with Crippen LogP contribution in [0.15, 0.2) is 41.3 Å². The van der Waals surface area contributed by atoms with Crippen LogP contribution >= 0.6 is 0 Å². The van der Waals surface area contributed by atoms with Gasteiger partial charge in [-0.05, 0) is 75.5 Å². The molecule has 3 rings (SSSR count). The van der Waals surface area contributed by atoms with Gasteiger partial charge in [0.25, 0.3) is 0 Å². The number of rotatable bonds is 7. The summed E-state index contributed by atoms with van der Waals surface area (Å²) in [5, 5.41) is 0. The van der Waals surface area contributed by atoms with E-state index in [1.807, 2.05) is 47.0 Å². The van der Waals surface area contributed by atoms with E-state index in [2.05, 4.69) is 38.8 Å². The molecule has 0 bridgehead atoms. The van der Waals surface area contributed by atoms with Gasteiger partial charge in [-0.3, -0.25) is 4.90 Å². The maximum absolute atomic E-state index is 13.1. The minimum atomic E-state index is -3.58. The summed E-state index contributed by atoms with van der Waals surface area (Å²) in [5.41, 5.74) is 4.96. The molecule has 0 amide bonds. The van der Waals surface area contributed by atoms with Crippen LogP contribution in [-0.2, 0) is 10.0 Å². The van der Waals surface area contributed by atoms with Crippen molar-refractivity contribution in [2.24, 2.45) is 0 Å². The fourth-order valence-electron chi connectivity index (χ4n) is 4.36. The Labute approximate surface area is 175 Å². The van der Waals surface area contributed by atoms with E-state index in [9.17, 15) is 8.42 Å². The van der Waals surface area contributed by atoms with E-state index in [0.717, 1.165) is 53.9 Å². The zero-order chi connectivity index (χ0) is 21.2. The molecule has 0 unspecified atom stereocenters. The van der Waals surface area contributed by atoms with Crippen molar-refractivity contribution in [3.05, 3.63) is 58.7 Å². The molecule has 0 saturated carbocycles. The maximum atomic E-state index is 13.1. The van der Waals surface area contributed by atoms with Gasteiger partial charge < -0.3 is 4.90 Å². The molecule has 0 aromatic heterocycles. The van der Waals surface area contributed by atoms with Gasteiger partial charge in [0.1, 0.15) is 0 Å². The molecule has 1 fully saturated rings. The first-order valence-corrected chi connectivity index (χ1v) is 11.8. The molecule has 2 aromatic rings. The van der Waals surface area contributed by atoms with Crippen LogP contribution in [-0.4, -0.2) is 47.0 Å². The standard InChI is InChI=1S/C23H33N3O2S/c1-17-14-18(2)23(19(3)15-17)29(27,28)24-16-22(26-12-6-7-13-26)20-8-10-21(11-9-20)25(4)5/h8-11,14-15,22,24H,6-7,12-13,16H2,1-5H3/t22-/m1/s1. The third-order valence-electron chi connectivity index (χ3n) is 5.72. The van der Waals surface area contributed by atoms with Gasteiger partial charge in [0, 0.05) is 32.4 Å². The van der Waals surface area contributed by atoms with Crippen LogP contribution in [0.1, 0.15) is 41.1 Å². The number of likely N-dealkylation sites (tertiary alicyclic amines) is 1. The number of hydrogen-bond acceptors (Lipinski definition) is 4. The summed E-state index contributed by atoms with van der Waals surface area (Å²) >= 11 is 0. The molecule has 0 radical (unpaired) electrons. The van der Waals surface area contributed by atoms with E-state index in [4.69, 9.17) is 0 Å². The fourth-order valence-corrected chi connectivity index (χ4v) is 5.84. The second kappa shape index (κ2) is 8.86. The molecule has 1 aliphatic heterocycles. The molecule has 1 atom stereocenters. The van der Waals surface area contributed by atoms with Crippen LogP contribution in [0, 0.1) is 20.8 Å². The van der Waals surface area contributed by atoms with Gasteiger partial charge in [-0.1, -0.05) is 29.8 Å². The van der Waals surface area contributed by atoms with Gasteiger partial charge in [-0.15, -0.1) is 0 Å². The highest BCUT2D eigenvalue weighted by Gasteiger charge is 2.27. The largest absolute Gasteiger partial charge is 0.378 e. The van der Waals surface area contributed by atoms with Gasteiger partial charge in [-0.2, -0.15) is 0 Å². The smallest absolute Gasteiger partial charge is 0.241 e. The lowest BCUT2D eigenvalue weighted by molar-refractivity contribution is 0.246. The zero-order valence-electron chi connectivity index (χ0n) is 18.2. The topological polar surface area (TPSA) is 52.7 Å². The second-order valence-corrected chi connectivity index (χ2v) is 10.0. The molecule has 2 aromatic carbocycles. The first kappa shape index (κ1) is 21.8. The summed E-state index contributed by atoms with van der Waals surface area (Å²) in [4.78, 5) is 4.87. The molecule has 1 aliphatic rings. The molecule has 158 valence electrons. The minimum Gasteiger partial charge on any atom is -0.378 e. The van der Waals surface area contributed by atoms with Crippen LogP contribution < -0.4 is 9.62 Å². The van der Waals surface area contributed by atoms with Gasteiger partial charge in [0.2, 0.25) is 10.0 Å². The van der Waals surface area contributed by atoms with Crippen molar-refractivity contribution < 1.29 is 8.42 Å². The Morgan fingerprint density at radius 3 is 2.07 bits per heavy atom. The van der Waals surface area contributed by atoms with Gasteiger partial charge in [0.05, 0.1) is 4.90 Å². The van der Waals surface area contributed by atoms with Crippen molar-refractivity contribution in [3.63, 3.8) is 0 Å². The molecule has 0 aliphatic carbocycles. The number of hydrogen-bond donors (Lipinski definition) is 1. The molecule has 1 N–H and O–H groups in total. The normalized spacial score (nSPS) is 16.2. The quantitative estimate of drug-likeness (QED) is 0.747. The molecule has 5 nitrogen and oxygen atoms in total. The number of benzene rings is 2. The van der Waals surface area contributed by atoms with Crippen molar-refractivity contribution in [1.82, 2.24) is 9.62 Å². The molecule has 0 spiro atoms. The monoisotopic (exact) mass is 415 g/mol. The lowest BCUT2D eigenvalue weighted by Crippen LogP contribution is -2.37. The Morgan fingerprint density at radius 1 is 1.00 bits per heavy atom. The molecule has 29 heavy (non-hydrogen) atoms. The first-order valence-electron chi connectivity index (χ1n) is 10.3. The molecule has 6 heteroatoms. The Bertz CT molecular complexity index is 924. The highest BCUT2D eigenvalue weighted by Crippen LogP contribution is 2.28. The number of nitrogens with one attached hydrogen (secondary N) is 1. The van der Waals surface area contributed by atoms with E-state index in [-0.39, 0.29) is 6.04 Å². The number of anilines is 1. The van der Waals surface area contributed by atoms with Crippen molar-refractivity contribution in [2.75, 3.05) is 38.6 Å². The van der Waals surface area contributed by atoms with E-state index in [0.29, 0.717) is 11.4 Å². The predicted molar refractivity (Wildman–Crippen MR) is 120 cm³/mol. The summed E-state index contributed by atoms with van der Waals surface area (Å²) in [7, 11) is 0.465. The van der Waals surface area contributed by atoms with E-state index >= 15 is 0 Å². The lowest BCUT2D eigenvalue weighted by atomic mass is 10.1. The Morgan fingerprint density at radius 2 is 1.55 bits per heavy atom. The van der Waals surface area contributed by atoms with Crippen LogP contribution in [0.5, 0.6) is 0 Å². The van der Waals surface area contributed by atoms with Crippen molar-refractivity contribution in [3.8, 4) is 0 Å². The van der Waals surface area contributed by atoms with Crippen LogP contribution in [0.3, 0.4) is 0 Å².